The van der Waals surface area contributed by atoms with E-state index in [-0.39, 0.29) is 26.8 Å². The number of aromatic hydroxyl groups is 1. The number of aliphatic hydroxyl groups is 1. The summed E-state index contributed by atoms with van der Waals surface area (Å²) in [5.41, 5.74) is 1.49. The number of benzene rings is 2. The van der Waals surface area contributed by atoms with Crippen molar-refractivity contribution in [3.63, 3.8) is 0 Å². The molecule has 1 fully saturated rings. The second-order valence-electron chi connectivity index (χ2n) is 13.7. The monoisotopic (exact) mass is 780 g/mol. The Bertz CT molecular complexity index is 2150. The molecule has 14 heteroatoms. The highest BCUT2D eigenvalue weighted by Crippen LogP contribution is 2.42. The summed E-state index contributed by atoms with van der Waals surface area (Å²) in [7, 11) is 2.19. The first-order chi connectivity index (χ1) is 25.2. The van der Waals surface area contributed by atoms with Gasteiger partial charge in [0.1, 0.15) is 5.75 Å². The molecule has 6 aromatic rings. The highest BCUT2D eigenvalue weighted by molar-refractivity contribution is 7.12. The summed E-state index contributed by atoms with van der Waals surface area (Å²) in [5.74, 6) is -0.987. The number of aliphatic carboxylic acids is 1. The van der Waals surface area contributed by atoms with E-state index in [4.69, 9.17) is 4.74 Å². The number of nitrogens with zero attached hydrogens (tertiary/aromatic N) is 2. The van der Waals surface area contributed by atoms with Gasteiger partial charge in [-0.25, -0.2) is 4.79 Å². The van der Waals surface area contributed by atoms with E-state index >= 15 is 0 Å². The number of nitrogens with one attached hydrogen (secondary N) is 2. The molecular formula is C40H46F2N4O6S2. The number of rotatable bonds is 15. The maximum atomic E-state index is 12.8. The summed E-state index contributed by atoms with van der Waals surface area (Å²) in [6.07, 6.45) is 5.82. The Morgan fingerprint density at radius 1 is 1.02 bits per heavy atom. The van der Waals surface area contributed by atoms with Gasteiger partial charge < -0.3 is 39.8 Å². The summed E-state index contributed by atoms with van der Waals surface area (Å²) in [6, 6.07) is 22.7. The van der Waals surface area contributed by atoms with Crippen LogP contribution in [0.25, 0.3) is 21.8 Å². The molecule has 4 heterocycles. The molecule has 288 valence electrons. The van der Waals surface area contributed by atoms with E-state index in [0.717, 1.165) is 50.8 Å². The lowest BCUT2D eigenvalue weighted by molar-refractivity contribution is -0.170. The van der Waals surface area contributed by atoms with Crippen LogP contribution in [0.3, 0.4) is 0 Å². The number of phenols is 1. The molecule has 54 heavy (non-hydrogen) atoms. The molecule has 0 unspecified atom stereocenters. The van der Waals surface area contributed by atoms with Crippen LogP contribution in [0.1, 0.15) is 59.1 Å². The average Bonchev–Trinajstić information content (AvgIpc) is 3.95. The topological polar surface area (TPSA) is 140 Å². The molecule has 1 saturated carbocycles. The van der Waals surface area contributed by atoms with Crippen LogP contribution < -0.4 is 10.9 Å². The molecular weight excluding hydrogens is 735 g/mol. The Kier molecular flexibility index (Phi) is 13.4. The number of pyridine rings is 1. The van der Waals surface area contributed by atoms with E-state index in [1.165, 1.54) is 45.7 Å². The number of ether oxygens (including phenoxy) is 1. The zero-order valence-electron chi connectivity index (χ0n) is 29.9. The zero-order valence-corrected chi connectivity index (χ0v) is 31.5. The number of hydrogen-bond donors (Lipinski definition) is 5. The Morgan fingerprint density at radius 3 is 2.41 bits per heavy atom. The number of fused-ring (bicyclic) bond motifs is 2. The zero-order chi connectivity index (χ0) is 36.2. The molecule has 4 aromatic heterocycles. The predicted molar refractivity (Wildman–Crippen MR) is 211 cm³/mol. The average molecular weight is 781 g/mol. The summed E-state index contributed by atoms with van der Waals surface area (Å²) in [4.78, 5) is 31.0. The summed E-state index contributed by atoms with van der Waals surface area (Å²) >= 11 is 2.86. The van der Waals surface area contributed by atoms with Crippen molar-refractivity contribution in [2.75, 3.05) is 20.1 Å². The van der Waals surface area contributed by atoms with Gasteiger partial charge in [0, 0.05) is 48.8 Å². The van der Waals surface area contributed by atoms with Crippen LogP contribution in [0.15, 0.2) is 94.5 Å². The third kappa shape index (κ3) is 8.43. The minimum absolute atomic E-state index is 0. The molecule has 0 amide bonds. The third-order valence-electron chi connectivity index (χ3n) is 10.3. The first-order valence-corrected chi connectivity index (χ1v) is 19.5. The van der Waals surface area contributed by atoms with Crippen LogP contribution in [0.2, 0.25) is 0 Å². The molecule has 0 spiro atoms. The molecule has 1 atom stereocenters. The number of H-pyrrole nitrogens is 1. The Hall–Kier alpha value is -4.44. The fourth-order valence-corrected chi connectivity index (χ4v) is 9.36. The van der Waals surface area contributed by atoms with Gasteiger partial charge in [-0.3, -0.25) is 14.2 Å². The van der Waals surface area contributed by atoms with Crippen LogP contribution in [-0.2, 0) is 28.2 Å². The van der Waals surface area contributed by atoms with Gasteiger partial charge in [0.25, 0.3) is 0 Å². The fourth-order valence-electron chi connectivity index (χ4n) is 7.55. The molecule has 0 radical (unpaired) electrons. The number of aliphatic hydroxyl groups excluding tert-OH is 1. The number of hydrogen-bond acceptors (Lipinski definition) is 9. The predicted octanol–water partition coefficient (Wildman–Crippen LogP) is 7.12. The van der Waals surface area contributed by atoms with Crippen molar-refractivity contribution in [2.24, 2.45) is 0 Å². The number of aryl methyl sites for hydroxylation is 1. The largest absolute Gasteiger partial charge is 0.506 e. The van der Waals surface area contributed by atoms with Gasteiger partial charge in [0.2, 0.25) is 11.2 Å². The Labute approximate surface area is 319 Å². The van der Waals surface area contributed by atoms with Crippen molar-refractivity contribution < 1.29 is 34.3 Å². The Morgan fingerprint density at radius 2 is 1.74 bits per heavy atom. The maximum Gasteiger partial charge on any atom is 0.347 e. The highest BCUT2D eigenvalue weighted by Gasteiger charge is 2.48. The van der Waals surface area contributed by atoms with Gasteiger partial charge in [-0.05, 0) is 115 Å². The normalized spacial score (nSPS) is 16.6. The van der Waals surface area contributed by atoms with E-state index in [0.29, 0.717) is 45.4 Å². The molecule has 1 aliphatic carbocycles. The van der Waals surface area contributed by atoms with Gasteiger partial charge in [-0.2, -0.15) is 0 Å². The number of phenolic OH excluding ortho intramolecular Hbond substituents is 1. The first-order valence-electron chi connectivity index (χ1n) is 17.7. The van der Waals surface area contributed by atoms with Gasteiger partial charge in [0.05, 0.1) is 27.5 Å². The van der Waals surface area contributed by atoms with Crippen molar-refractivity contribution in [2.45, 2.75) is 69.0 Å². The summed E-state index contributed by atoms with van der Waals surface area (Å²) in [5, 5.41) is 40.5. The first kappa shape index (κ1) is 40.7. The highest BCUT2D eigenvalue weighted by atomic mass is 32.1. The second-order valence-corrected chi connectivity index (χ2v) is 15.6. The van der Waals surface area contributed by atoms with Crippen molar-refractivity contribution >= 4 is 50.4 Å². The third-order valence-corrected chi connectivity index (χ3v) is 12.3. The quantitative estimate of drug-likeness (QED) is 0.0743. The molecule has 0 aliphatic heterocycles. The molecule has 0 saturated heterocycles. The number of halogens is 2. The van der Waals surface area contributed by atoms with E-state index in [9.17, 15) is 24.9 Å². The molecule has 7 rings (SSSR count). The second kappa shape index (κ2) is 17.8. The van der Waals surface area contributed by atoms with Crippen molar-refractivity contribution in [3.05, 3.63) is 121 Å². The smallest absolute Gasteiger partial charge is 0.347 e. The van der Waals surface area contributed by atoms with Gasteiger partial charge in [-0.1, -0.05) is 24.3 Å². The van der Waals surface area contributed by atoms with Crippen molar-refractivity contribution in [3.8, 4) is 5.75 Å². The number of carboxylic acid groups (broad SMARTS) is 1. The maximum absolute atomic E-state index is 12.8. The van der Waals surface area contributed by atoms with Crippen LogP contribution >= 0.6 is 22.7 Å². The number of thiophene rings is 2. The summed E-state index contributed by atoms with van der Waals surface area (Å²) in [6.45, 7) is 2.77. The van der Waals surface area contributed by atoms with E-state index < -0.39 is 17.7 Å². The van der Waals surface area contributed by atoms with Gasteiger partial charge >= 0.3 is 5.97 Å². The van der Waals surface area contributed by atoms with E-state index in [1.54, 1.807) is 12.1 Å². The van der Waals surface area contributed by atoms with Gasteiger partial charge in [0.15, 0.2) is 0 Å². The van der Waals surface area contributed by atoms with E-state index in [2.05, 4.69) is 57.3 Å². The summed E-state index contributed by atoms with van der Waals surface area (Å²) < 4.78 is 8.88. The van der Waals surface area contributed by atoms with Gasteiger partial charge in [-0.15, -0.1) is 22.7 Å². The lowest BCUT2D eigenvalue weighted by Crippen LogP contribution is -2.44. The van der Waals surface area contributed by atoms with E-state index in [1.807, 2.05) is 35.0 Å². The minimum atomic E-state index is -1.46. The number of aromatic nitrogens is 2. The lowest BCUT2D eigenvalue weighted by Gasteiger charge is -2.38. The standard InChI is InChI=1S/C40H44N4O6S2.2FH/c1-43(28-8-10-29(11-9-28)50-40(39(48)49,35-5-2-21-51-35)36-6-3-22-52-36)18-4-19-44-20-17-27-23-26(7-14-32(27)44)24-41-25-34(46)30-12-15-33(45)38-31(30)13-16-37(47)42-38;;/h2-3,5-7,12-17,20-23,28-29,34,41,45-46H,4,8-11,18-19,24-25H2,1H3,(H,42,47)(H,48,49);2*1H/t28?,29?,34-;;/m0../s1. The van der Waals surface area contributed by atoms with Crippen LogP contribution in [-0.4, -0.2) is 68.0 Å². The molecule has 0 bridgehead atoms. The number of aromatic amines is 1. The molecule has 1 aliphatic rings. The van der Waals surface area contributed by atoms with Crippen molar-refractivity contribution in [1.29, 1.82) is 0 Å². The Balaban J connectivity index is 0.00000280. The molecule has 5 N–H and O–H groups in total. The molecule has 10 nitrogen and oxygen atoms in total. The molecule has 2 aromatic carbocycles. The SMILES string of the molecule is CN(CCCn1ccc2cc(CNC[C@H](O)c3ccc(O)c4[nH]c(=O)ccc34)ccc21)C1CCC(OC(C(=O)O)(c2cccs2)c2cccs2)CC1.F.F. The van der Waals surface area contributed by atoms with Crippen molar-refractivity contribution in [1.82, 2.24) is 19.8 Å². The fraction of sp³-hybridized carbons (Fsp3) is 0.350. The lowest BCUT2D eigenvalue weighted by atomic mass is 9.90. The number of carboxylic acids is 1. The van der Waals surface area contributed by atoms with Crippen LogP contribution in [0.4, 0.5) is 9.41 Å². The minimum Gasteiger partial charge on any atom is -0.506 e. The van der Waals surface area contributed by atoms with Crippen LogP contribution in [0.5, 0.6) is 5.75 Å². The van der Waals surface area contributed by atoms with Crippen LogP contribution in [0, 0.1) is 0 Å². The number of carbonyl (C=O) groups is 1.